The van der Waals surface area contributed by atoms with Gasteiger partial charge < -0.3 is 19.1 Å². The molecule has 3 aromatic carbocycles. The summed E-state index contributed by atoms with van der Waals surface area (Å²) in [5.74, 6) is 0.551. The van der Waals surface area contributed by atoms with E-state index in [0.717, 1.165) is 16.6 Å². The van der Waals surface area contributed by atoms with Gasteiger partial charge in [-0.25, -0.2) is 4.79 Å². The van der Waals surface area contributed by atoms with Gasteiger partial charge in [0, 0.05) is 23.1 Å². The summed E-state index contributed by atoms with van der Waals surface area (Å²) in [6, 6.07) is 20.5. The van der Waals surface area contributed by atoms with Crippen molar-refractivity contribution in [3.8, 4) is 28.5 Å². The van der Waals surface area contributed by atoms with Crippen LogP contribution in [-0.2, 0) is 4.79 Å². The van der Waals surface area contributed by atoms with Crippen LogP contribution in [0.4, 0.5) is 0 Å². The van der Waals surface area contributed by atoms with Crippen LogP contribution in [0.3, 0.4) is 0 Å². The molecular formula is C24H21NO5. The van der Waals surface area contributed by atoms with Gasteiger partial charge in [-0.05, 0) is 37.6 Å². The van der Waals surface area contributed by atoms with E-state index in [2.05, 4.69) is 5.16 Å². The summed E-state index contributed by atoms with van der Waals surface area (Å²) in [5, 5.41) is 14.3. The van der Waals surface area contributed by atoms with Crippen molar-refractivity contribution in [2.45, 2.75) is 26.4 Å². The van der Waals surface area contributed by atoms with E-state index < -0.39 is 12.1 Å². The smallest absolute Gasteiger partial charge is 0.344 e. The average molecular weight is 403 g/mol. The summed E-state index contributed by atoms with van der Waals surface area (Å²) in [6.45, 7) is 3.80. The van der Waals surface area contributed by atoms with Gasteiger partial charge in [0.05, 0.1) is 0 Å². The summed E-state index contributed by atoms with van der Waals surface area (Å²) in [5.41, 5.74) is 3.57. The molecule has 0 saturated heterocycles. The van der Waals surface area contributed by atoms with Gasteiger partial charge in [-0.1, -0.05) is 48.0 Å². The Kier molecular flexibility index (Phi) is 5.39. The quantitative estimate of drug-likeness (QED) is 0.418. The fraction of sp³-hybridized carbons (Fsp3) is 0.167. The van der Waals surface area contributed by atoms with Crippen molar-refractivity contribution in [2.24, 2.45) is 0 Å². The van der Waals surface area contributed by atoms with E-state index in [9.17, 15) is 4.79 Å². The van der Waals surface area contributed by atoms with Crippen LogP contribution in [-0.4, -0.2) is 22.3 Å². The number of benzene rings is 3. The summed E-state index contributed by atoms with van der Waals surface area (Å²) in [7, 11) is 0. The Bertz CT molecular complexity index is 1180. The maximum absolute atomic E-state index is 11.2. The number of rotatable bonds is 7. The number of ether oxygens (including phenoxy) is 2. The number of aryl methyl sites for hydroxylation is 1. The third kappa shape index (κ3) is 4.12. The molecule has 0 saturated carbocycles. The molecule has 0 amide bonds. The third-order valence-corrected chi connectivity index (χ3v) is 4.73. The molecule has 6 heteroatoms. The zero-order chi connectivity index (χ0) is 21.1. The maximum atomic E-state index is 11.2. The second kappa shape index (κ2) is 8.29. The Hall–Kier alpha value is -3.80. The molecule has 1 heterocycles. The minimum Gasteiger partial charge on any atom is -0.479 e. The molecule has 4 rings (SSSR count). The lowest BCUT2D eigenvalue weighted by Gasteiger charge is -2.14. The van der Waals surface area contributed by atoms with Crippen molar-refractivity contribution in [2.75, 3.05) is 0 Å². The van der Waals surface area contributed by atoms with E-state index in [1.807, 2.05) is 43.3 Å². The number of carboxylic acids is 1. The SMILES string of the molecule is CCC(Oc1cccc(Oc2ccc3c(-c4ccc(C)cc4)noc3c2)c1)C(=O)O. The molecule has 1 N–H and O–H groups in total. The zero-order valence-corrected chi connectivity index (χ0v) is 16.7. The molecule has 1 unspecified atom stereocenters. The van der Waals surface area contributed by atoms with Gasteiger partial charge in [0.1, 0.15) is 22.9 Å². The lowest BCUT2D eigenvalue weighted by molar-refractivity contribution is -0.145. The number of aromatic nitrogens is 1. The fourth-order valence-electron chi connectivity index (χ4n) is 3.12. The number of hydrogen-bond acceptors (Lipinski definition) is 5. The van der Waals surface area contributed by atoms with Gasteiger partial charge in [0.15, 0.2) is 11.7 Å². The van der Waals surface area contributed by atoms with E-state index >= 15 is 0 Å². The summed E-state index contributed by atoms with van der Waals surface area (Å²) >= 11 is 0. The van der Waals surface area contributed by atoms with Gasteiger partial charge in [0.25, 0.3) is 0 Å². The predicted octanol–water partition coefficient (Wildman–Crippen LogP) is 5.84. The van der Waals surface area contributed by atoms with Gasteiger partial charge in [0.2, 0.25) is 0 Å². The molecule has 0 aliphatic heterocycles. The van der Waals surface area contributed by atoms with E-state index in [4.69, 9.17) is 19.1 Å². The molecule has 0 radical (unpaired) electrons. The Morgan fingerprint density at radius 1 is 1.03 bits per heavy atom. The molecular weight excluding hydrogens is 382 g/mol. The highest BCUT2D eigenvalue weighted by molar-refractivity contribution is 5.92. The Morgan fingerprint density at radius 3 is 2.50 bits per heavy atom. The van der Waals surface area contributed by atoms with Crippen molar-refractivity contribution in [3.05, 3.63) is 72.3 Å². The van der Waals surface area contributed by atoms with Crippen LogP contribution in [0.1, 0.15) is 18.9 Å². The van der Waals surface area contributed by atoms with Crippen molar-refractivity contribution in [3.63, 3.8) is 0 Å². The lowest BCUT2D eigenvalue weighted by Crippen LogP contribution is -2.25. The first-order chi connectivity index (χ1) is 14.5. The largest absolute Gasteiger partial charge is 0.479 e. The normalized spacial score (nSPS) is 11.9. The average Bonchev–Trinajstić information content (AvgIpc) is 3.16. The Balaban J connectivity index is 1.55. The molecule has 30 heavy (non-hydrogen) atoms. The molecule has 0 spiro atoms. The predicted molar refractivity (Wildman–Crippen MR) is 113 cm³/mol. The number of hydrogen-bond donors (Lipinski definition) is 1. The van der Waals surface area contributed by atoms with Crippen molar-refractivity contribution >= 4 is 16.9 Å². The number of carbonyl (C=O) groups is 1. The molecule has 0 aliphatic rings. The lowest BCUT2D eigenvalue weighted by atomic mass is 10.1. The number of carboxylic acid groups (broad SMARTS) is 1. The van der Waals surface area contributed by atoms with Crippen LogP contribution in [0.15, 0.2) is 71.3 Å². The number of nitrogens with zero attached hydrogens (tertiary/aromatic N) is 1. The third-order valence-electron chi connectivity index (χ3n) is 4.73. The minimum atomic E-state index is -0.996. The van der Waals surface area contributed by atoms with E-state index in [-0.39, 0.29) is 0 Å². The summed E-state index contributed by atoms with van der Waals surface area (Å²) in [6.07, 6.45) is -0.530. The van der Waals surface area contributed by atoms with Crippen LogP contribution in [0.5, 0.6) is 17.2 Å². The highest BCUT2D eigenvalue weighted by atomic mass is 16.5. The Morgan fingerprint density at radius 2 is 1.77 bits per heavy atom. The molecule has 152 valence electrons. The van der Waals surface area contributed by atoms with Gasteiger partial charge in [-0.15, -0.1) is 0 Å². The van der Waals surface area contributed by atoms with Gasteiger partial charge >= 0.3 is 5.97 Å². The van der Waals surface area contributed by atoms with Crippen molar-refractivity contribution < 1.29 is 23.9 Å². The summed E-state index contributed by atoms with van der Waals surface area (Å²) in [4.78, 5) is 11.2. The molecule has 4 aromatic rings. The molecule has 6 nitrogen and oxygen atoms in total. The van der Waals surface area contributed by atoms with E-state index in [1.54, 1.807) is 37.3 Å². The topological polar surface area (TPSA) is 81.8 Å². The first kappa shape index (κ1) is 19.5. The fourth-order valence-corrected chi connectivity index (χ4v) is 3.12. The maximum Gasteiger partial charge on any atom is 0.344 e. The highest BCUT2D eigenvalue weighted by Gasteiger charge is 2.17. The standard InChI is InChI=1S/C24H21NO5/c1-3-21(24(26)27)29-18-6-4-5-17(13-18)28-19-11-12-20-22(14-19)30-25-23(20)16-9-7-15(2)8-10-16/h4-14,21H,3H2,1-2H3,(H,26,27). The van der Waals surface area contributed by atoms with Crippen LogP contribution in [0.2, 0.25) is 0 Å². The van der Waals surface area contributed by atoms with Crippen LogP contribution >= 0.6 is 0 Å². The van der Waals surface area contributed by atoms with E-state index in [0.29, 0.717) is 29.3 Å². The Labute approximate surface area is 173 Å². The van der Waals surface area contributed by atoms with Crippen LogP contribution in [0.25, 0.3) is 22.2 Å². The second-order valence-corrected chi connectivity index (χ2v) is 6.99. The van der Waals surface area contributed by atoms with Crippen molar-refractivity contribution in [1.82, 2.24) is 5.16 Å². The number of fused-ring (bicyclic) bond motifs is 1. The first-order valence-corrected chi connectivity index (χ1v) is 9.67. The molecule has 1 aromatic heterocycles. The molecule has 0 fully saturated rings. The molecule has 1 atom stereocenters. The summed E-state index contributed by atoms with van der Waals surface area (Å²) < 4.78 is 17.0. The first-order valence-electron chi connectivity index (χ1n) is 9.67. The van der Waals surface area contributed by atoms with Crippen LogP contribution < -0.4 is 9.47 Å². The van der Waals surface area contributed by atoms with Gasteiger partial charge in [-0.2, -0.15) is 0 Å². The molecule has 0 aliphatic carbocycles. The number of aliphatic carboxylic acids is 1. The monoisotopic (exact) mass is 403 g/mol. The minimum absolute atomic E-state index is 0.367. The van der Waals surface area contributed by atoms with Gasteiger partial charge in [-0.3, -0.25) is 0 Å². The molecule has 0 bridgehead atoms. The highest BCUT2D eigenvalue weighted by Crippen LogP contribution is 2.33. The van der Waals surface area contributed by atoms with Crippen LogP contribution in [0, 0.1) is 6.92 Å². The second-order valence-electron chi connectivity index (χ2n) is 6.99. The van der Waals surface area contributed by atoms with Crippen molar-refractivity contribution in [1.29, 1.82) is 0 Å². The zero-order valence-electron chi connectivity index (χ0n) is 16.7. The van der Waals surface area contributed by atoms with E-state index in [1.165, 1.54) is 5.56 Å².